The van der Waals surface area contributed by atoms with Crippen LogP contribution >= 0.6 is 11.6 Å². The molecule has 2 unspecified atom stereocenters. The van der Waals surface area contributed by atoms with Crippen LogP contribution in [-0.4, -0.2) is 20.1 Å². The summed E-state index contributed by atoms with van der Waals surface area (Å²) in [7, 11) is 0. The van der Waals surface area contributed by atoms with Crippen molar-refractivity contribution in [3.8, 4) is 0 Å². The standard InChI is InChI=1S/C17H16ClN3O/c1-12-6-8-13(9-7-12)17(22)16(10-11-18)21-15-5-3-2-4-14(15)19-20-21/h2-11,16-17,22H,1H3/b11-10-. The number of rotatable bonds is 4. The van der Waals surface area contributed by atoms with E-state index < -0.39 is 12.1 Å². The molecule has 0 amide bonds. The first-order valence-corrected chi connectivity index (χ1v) is 7.46. The molecule has 5 heteroatoms. The van der Waals surface area contributed by atoms with Gasteiger partial charge in [0.1, 0.15) is 17.7 Å². The number of hydrogen-bond donors (Lipinski definition) is 1. The Morgan fingerprint density at radius 3 is 2.59 bits per heavy atom. The highest BCUT2D eigenvalue weighted by Gasteiger charge is 2.23. The van der Waals surface area contributed by atoms with Crippen LogP contribution < -0.4 is 0 Å². The van der Waals surface area contributed by atoms with E-state index >= 15 is 0 Å². The Morgan fingerprint density at radius 1 is 1.14 bits per heavy atom. The molecule has 2 atom stereocenters. The van der Waals surface area contributed by atoms with Gasteiger partial charge in [0, 0.05) is 5.54 Å². The maximum atomic E-state index is 10.7. The lowest BCUT2D eigenvalue weighted by Gasteiger charge is -2.21. The smallest absolute Gasteiger partial charge is 0.113 e. The highest BCUT2D eigenvalue weighted by atomic mass is 35.5. The maximum Gasteiger partial charge on any atom is 0.113 e. The summed E-state index contributed by atoms with van der Waals surface area (Å²) in [5, 5.41) is 19.0. The summed E-state index contributed by atoms with van der Waals surface area (Å²) in [6.45, 7) is 2.01. The number of fused-ring (bicyclic) bond motifs is 1. The van der Waals surface area contributed by atoms with Crippen LogP contribution in [0.1, 0.15) is 23.3 Å². The highest BCUT2D eigenvalue weighted by molar-refractivity contribution is 6.25. The summed E-state index contributed by atoms with van der Waals surface area (Å²) < 4.78 is 1.69. The maximum absolute atomic E-state index is 10.7. The molecule has 0 saturated carbocycles. The average Bonchev–Trinajstić information content (AvgIpc) is 2.96. The molecule has 0 saturated heterocycles. The predicted octanol–water partition coefficient (Wildman–Crippen LogP) is 3.77. The van der Waals surface area contributed by atoms with Crippen LogP contribution in [0, 0.1) is 6.92 Å². The molecular formula is C17H16ClN3O. The van der Waals surface area contributed by atoms with Crippen LogP contribution in [0.3, 0.4) is 0 Å². The molecule has 3 aromatic rings. The third kappa shape index (κ3) is 2.75. The molecule has 1 aromatic heterocycles. The first kappa shape index (κ1) is 14.8. The molecule has 0 aliphatic carbocycles. The molecule has 112 valence electrons. The van der Waals surface area contributed by atoms with Gasteiger partial charge in [-0.05, 0) is 30.7 Å². The lowest BCUT2D eigenvalue weighted by atomic mass is 10.0. The number of aryl methyl sites for hydroxylation is 1. The number of para-hydroxylation sites is 1. The van der Waals surface area contributed by atoms with Crippen LogP contribution in [0.15, 0.2) is 60.1 Å². The van der Waals surface area contributed by atoms with Crippen molar-refractivity contribution in [2.45, 2.75) is 19.1 Å². The zero-order chi connectivity index (χ0) is 15.5. The van der Waals surface area contributed by atoms with Crippen LogP contribution in [0.2, 0.25) is 0 Å². The largest absolute Gasteiger partial charge is 0.386 e. The Kier molecular flexibility index (Phi) is 4.22. The first-order valence-electron chi connectivity index (χ1n) is 7.02. The number of aliphatic hydroxyl groups is 1. The highest BCUT2D eigenvalue weighted by Crippen LogP contribution is 2.29. The summed E-state index contributed by atoms with van der Waals surface area (Å²) >= 11 is 5.77. The molecule has 0 aliphatic rings. The summed E-state index contributed by atoms with van der Waals surface area (Å²) in [5.74, 6) is 0. The number of aromatic nitrogens is 3. The Labute approximate surface area is 133 Å². The van der Waals surface area contributed by atoms with Crippen LogP contribution in [0.25, 0.3) is 11.0 Å². The SMILES string of the molecule is Cc1ccc(C(O)C(/C=C\Cl)n2nnc3ccccc32)cc1. The minimum Gasteiger partial charge on any atom is -0.386 e. The van der Waals surface area contributed by atoms with Crippen molar-refractivity contribution in [1.82, 2.24) is 15.0 Å². The van der Waals surface area contributed by atoms with Crippen molar-refractivity contribution in [1.29, 1.82) is 0 Å². The summed E-state index contributed by atoms with van der Waals surface area (Å²) in [6, 6.07) is 15.0. The van der Waals surface area contributed by atoms with E-state index in [9.17, 15) is 5.11 Å². The van der Waals surface area contributed by atoms with Crippen molar-refractivity contribution in [2.75, 3.05) is 0 Å². The van der Waals surface area contributed by atoms with E-state index in [1.54, 1.807) is 10.8 Å². The second-order valence-electron chi connectivity index (χ2n) is 5.19. The molecule has 0 fully saturated rings. The second kappa shape index (κ2) is 6.30. The molecule has 0 aliphatic heterocycles. The van der Waals surface area contributed by atoms with Gasteiger partial charge < -0.3 is 5.11 Å². The first-order chi connectivity index (χ1) is 10.7. The molecular weight excluding hydrogens is 298 g/mol. The monoisotopic (exact) mass is 313 g/mol. The normalized spacial score (nSPS) is 14.5. The average molecular weight is 314 g/mol. The molecule has 0 bridgehead atoms. The molecule has 1 N–H and O–H groups in total. The second-order valence-corrected chi connectivity index (χ2v) is 5.44. The van der Waals surface area contributed by atoms with E-state index in [1.165, 1.54) is 5.54 Å². The topological polar surface area (TPSA) is 50.9 Å². The van der Waals surface area contributed by atoms with Gasteiger partial charge in [-0.2, -0.15) is 0 Å². The number of benzene rings is 2. The molecule has 0 radical (unpaired) electrons. The minimum absolute atomic E-state index is 0.424. The van der Waals surface area contributed by atoms with Gasteiger partial charge in [0.25, 0.3) is 0 Å². The molecule has 4 nitrogen and oxygen atoms in total. The Balaban J connectivity index is 2.04. The molecule has 0 spiro atoms. The lowest BCUT2D eigenvalue weighted by Crippen LogP contribution is -2.17. The van der Waals surface area contributed by atoms with Crippen LogP contribution in [0.5, 0.6) is 0 Å². The zero-order valence-corrected chi connectivity index (χ0v) is 12.9. The van der Waals surface area contributed by atoms with Gasteiger partial charge in [0.15, 0.2) is 0 Å². The molecule has 22 heavy (non-hydrogen) atoms. The van der Waals surface area contributed by atoms with E-state index in [0.717, 1.165) is 22.2 Å². The zero-order valence-electron chi connectivity index (χ0n) is 12.1. The van der Waals surface area contributed by atoms with E-state index in [1.807, 2.05) is 55.5 Å². The fourth-order valence-corrected chi connectivity index (χ4v) is 2.61. The quantitative estimate of drug-likeness (QED) is 0.797. The third-order valence-corrected chi connectivity index (χ3v) is 3.82. The molecule has 3 rings (SSSR count). The van der Waals surface area contributed by atoms with Gasteiger partial charge >= 0.3 is 0 Å². The minimum atomic E-state index is -0.763. The molecule has 2 aromatic carbocycles. The fourth-order valence-electron chi connectivity index (χ4n) is 2.46. The summed E-state index contributed by atoms with van der Waals surface area (Å²) in [4.78, 5) is 0. The Bertz CT molecular complexity index is 795. The van der Waals surface area contributed by atoms with E-state index in [2.05, 4.69) is 10.3 Å². The van der Waals surface area contributed by atoms with E-state index in [4.69, 9.17) is 11.6 Å². The van der Waals surface area contributed by atoms with Crippen molar-refractivity contribution in [2.24, 2.45) is 0 Å². The number of halogens is 1. The van der Waals surface area contributed by atoms with Crippen molar-refractivity contribution in [3.63, 3.8) is 0 Å². The molecule has 1 heterocycles. The van der Waals surface area contributed by atoms with E-state index in [0.29, 0.717) is 0 Å². The summed E-state index contributed by atoms with van der Waals surface area (Å²) in [6.07, 6.45) is 0.952. The van der Waals surface area contributed by atoms with Crippen molar-refractivity contribution < 1.29 is 5.11 Å². The van der Waals surface area contributed by atoms with Gasteiger partial charge in [-0.3, -0.25) is 0 Å². The van der Waals surface area contributed by atoms with Crippen molar-refractivity contribution in [3.05, 3.63) is 71.3 Å². The number of hydrogen-bond acceptors (Lipinski definition) is 3. The number of aliphatic hydroxyl groups excluding tert-OH is 1. The van der Waals surface area contributed by atoms with Gasteiger partial charge in [-0.1, -0.05) is 58.8 Å². The van der Waals surface area contributed by atoms with Crippen LogP contribution in [-0.2, 0) is 0 Å². The van der Waals surface area contributed by atoms with Gasteiger partial charge in [0.2, 0.25) is 0 Å². The predicted molar refractivity (Wildman–Crippen MR) is 87.7 cm³/mol. The van der Waals surface area contributed by atoms with Gasteiger partial charge in [0.05, 0.1) is 5.52 Å². The summed E-state index contributed by atoms with van der Waals surface area (Å²) in [5.41, 5.74) is 5.00. The Morgan fingerprint density at radius 2 is 1.86 bits per heavy atom. The fraction of sp³-hybridized carbons (Fsp3) is 0.176. The van der Waals surface area contributed by atoms with Crippen LogP contribution in [0.4, 0.5) is 0 Å². The third-order valence-electron chi connectivity index (χ3n) is 3.67. The Hall–Kier alpha value is -2.17. The number of nitrogens with zero attached hydrogens (tertiary/aromatic N) is 3. The van der Waals surface area contributed by atoms with Gasteiger partial charge in [-0.15, -0.1) is 5.10 Å². The van der Waals surface area contributed by atoms with E-state index in [-0.39, 0.29) is 0 Å². The lowest BCUT2D eigenvalue weighted by molar-refractivity contribution is 0.130. The van der Waals surface area contributed by atoms with Gasteiger partial charge in [-0.25, -0.2) is 4.68 Å². The van der Waals surface area contributed by atoms with Crippen molar-refractivity contribution >= 4 is 22.6 Å².